The predicted molar refractivity (Wildman–Crippen MR) is 130 cm³/mol. The SMILES string of the molecule is CNc1nccc(-c2cccnc2Oc2ccc(Nc3nc4ccccc4n3C)cc2C)n1. The van der Waals surface area contributed by atoms with Gasteiger partial charge in [-0.1, -0.05) is 12.1 Å². The number of aromatic nitrogens is 5. The van der Waals surface area contributed by atoms with Crippen LogP contribution in [0.25, 0.3) is 22.3 Å². The number of nitrogens with zero attached hydrogens (tertiary/aromatic N) is 5. The van der Waals surface area contributed by atoms with Gasteiger partial charge >= 0.3 is 0 Å². The second-order valence-electron chi connectivity index (χ2n) is 7.56. The second kappa shape index (κ2) is 8.58. The molecule has 2 aromatic carbocycles. The van der Waals surface area contributed by atoms with Gasteiger partial charge in [-0.15, -0.1) is 0 Å². The van der Waals surface area contributed by atoms with E-state index in [1.807, 2.05) is 73.1 Å². The molecule has 0 saturated carbocycles. The van der Waals surface area contributed by atoms with Crippen LogP contribution in [-0.4, -0.2) is 31.6 Å². The van der Waals surface area contributed by atoms with Gasteiger partial charge in [-0.2, -0.15) is 0 Å². The lowest BCUT2D eigenvalue weighted by Gasteiger charge is -2.13. The van der Waals surface area contributed by atoms with Crippen molar-refractivity contribution in [1.29, 1.82) is 0 Å². The number of hydrogen-bond donors (Lipinski definition) is 2. The normalized spacial score (nSPS) is 10.9. The molecule has 0 fully saturated rings. The van der Waals surface area contributed by atoms with E-state index < -0.39 is 0 Å². The largest absolute Gasteiger partial charge is 0.438 e. The number of anilines is 3. The molecule has 0 bridgehead atoms. The maximum Gasteiger partial charge on any atom is 0.228 e. The van der Waals surface area contributed by atoms with Crippen LogP contribution >= 0.6 is 0 Å². The molecule has 0 unspecified atom stereocenters. The summed E-state index contributed by atoms with van der Waals surface area (Å²) >= 11 is 0. The van der Waals surface area contributed by atoms with Gasteiger partial charge in [0.05, 0.1) is 22.3 Å². The van der Waals surface area contributed by atoms with E-state index in [9.17, 15) is 0 Å². The van der Waals surface area contributed by atoms with E-state index in [0.717, 1.165) is 39.5 Å². The first-order valence-corrected chi connectivity index (χ1v) is 10.6. The maximum atomic E-state index is 6.20. The monoisotopic (exact) mass is 437 g/mol. The number of hydrogen-bond acceptors (Lipinski definition) is 7. The molecule has 0 radical (unpaired) electrons. The number of rotatable bonds is 6. The molecule has 3 heterocycles. The Labute approximate surface area is 191 Å². The van der Waals surface area contributed by atoms with E-state index in [0.29, 0.717) is 17.6 Å². The molecule has 8 nitrogen and oxygen atoms in total. The van der Waals surface area contributed by atoms with Crippen molar-refractivity contribution in [3.63, 3.8) is 0 Å². The van der Waals surface area contributed by atoms with Crippen LogP contribution in [0.4, 0.5) is 17.6 Å². The maximum absolute atomic E-state index is 6.20. The highest BCUT2D eigenvalue weighted by atomic mass is 16.5. The van der Waals surface area contributed by atoms with Gasteiger partial charge in [0.15, 0.2) is 0 Å². The van der Waals surface area contributed by atoms with Gasteiger partial charge in [0, 0.05) is 32.2 Å². The van der Waals surface area contributed by atoms with Crippen molar-refractivity contribution in [2.45, 2.75) is 6.92 Å². The second-order valence-corrected chi connectivity index (χ2v) is 7.56. The lowest BCUT2D eigenvalue weighted by atomic mass is 10.2. The standard InChI is InChI=1S/C25H23N7O/c1-16-15-17(29-25-31-20-8-4-5-9-21(20)32(25)3)10-11-22(16)33-23-18(7-6-13-27-23)19-12-14-28-24(26-2)30-19/h4-15H,1-3H3,(H,29,31)(H,26,28,30). The number of imidazole rings is 1. The molecule has 0 aliphatic carbocycles. The molecule has 0 saturated heterocycles. The van der Waals surface area contributed by atoms with Crippen molar-refractivity contribution < 1.29 is 4.74 Å². The highest BCUT2D eigenvalue weighted by molar-refractivity contribution is 5.79. The Hall–Kier alpha value is -4.46. The summed E-state index contributed by atoms with van der Waals surface area (Å²) < 4.78 is 8.24. The summed E-state index contributed by atoms with van der Waals surface area (Å²) in [7, 11) is 3.78. The number of para-hydroxylation sites is 2. The van der Waals surface area contributed by atoms with E-state index in [2.05, 4.69) is 36.6 Å². The van der Waals surface area contributed by atoms with Crippen LogP contribution in [0.15, 0.2) is 73.1 Å². The zero-order valence-corrected chi connectivity index (χ0v) is 18.6. The summed E-state index contributed by atoms with van der Waals surface area (Å²) in [4.78, 5) is 17.8. The molecular weight excluding hydrogens is 414 g/mol. The van der Waals surface area contributed by atoms with Crippen molar-refractivity contribution in [3.05, 3.63) is 78.6 Å². The van der Waals surface area contributed by atoms with Crippen molar-refractivity contribution in [1.82, 2.24) is 24.5 Å². The molecule has 2 N–H and O–H groups in total. The van der Waals surface area contributed by atoms with E-state index >= 15 is 0 Å². The summed E-state index contributed by atoms with van der Waals surface area (Å²) in [5.41, 5.74) is 5.44. The number of fused-ring (bicyclic) bond motifs is 1. The summed E-state index contributed by atoms with van der Waals surface area (Å²) in [5.74, 6) is 2.52. The zero-order chi connectivity index (χ0) is 22.8. The van der Waals surface area contributed by atoms with Gasteiger partial charge in [0.2, 0.25) is 17.8 Å². The Morgan fingerprint density at radius 2 is 1.79 bits per heavy atom. The lowest BCUT2D eigenvalue weighted by Crippen LogP contribution is -2.00. The smallest absolute Gasteiger partial charge is 0.228 e. The molecule has 0 aliphatic heterocycles. The third-order valence-corrected chi connectivity index (χ3v) is 5.35. The zero-order valence-electron chi connectivity index (χ0n) is 18.6. The van der Waals surface area contributed by atoms with Crippen molar-refractivity contribution in [3.8, 4) is 22.9 Å². The van der Waals surface area contributed by atoms with E-state index in [4.69, 9.17) is 4.74 Å². The molecule has 0 atom stereocenters. The first-order valence-electron chi connectivity index (χ1n) is 10.6. The average Bonchev–Trinajstić information content (AvgIpc) is 3.16. The molecule has 0 amide bonds. The Kier molecular flexibility index (Phi) is 5.32. The first-order chi connectivity index (χ1) is 16.1. The fraction of sp³-hybridized carbons (Fsp3) is 0.120. The van der Waals surface area contributed by atoms with Gasteiger partial charge in [0.25, 0.3) is 0 Å². The fourth-order valence-electron chi connectivity index (χ4n) is 3.63. The third kappa shape index (κ3) is 4.06. The summed E-state index contributed by atoms with van der Waals surface area (Å²) in [6.45, 7) is 2.00. The topological polar surface area (TPSA) is 89.8 Å². The minimum Gasteiger partial charge on any atom is -0.438 e. The van der Waals surface area contributed by atoms with Gasteiger partial charge in [0.1, 0.15) is 5.75 Å². The van der Waals surface area contributed by atoms with E-state index in [-0.39, 0.29) is 0 Å². The first kappa shape index (κ1) is 20.4. The van der Waals surface area contributed by atoms with Crippen LogP contribution in [-0.2, 0) is 7.05 Å². The fourth-order valence-corrected chi connectivity index (χ4v) is 3.63. The molecule has 164 valence electrons. The quantitative estimate of drug-likeness (QED) is 0.372. The number of ether oxygens (including phenoxy) is 1. The van der Waals surface area contributed by atoms with Crippen LogP contribution in [0.2, 0.25) is 0 Å². The number of benzene rings is 2. The Balaban J connectivity index is 1.41. The van der Waals surface area contributed by atoms with Crippen molar-refractivity contribution in [2.75, 3.05) is 17.7 Å². The molecule has 0 spiro atoms. The van der Waals surface area contributed by atoms with Crippen LogP contribution in [0.1, 0.15) is 5.56 Å². The summed E-state index contributed by atoms with van der Waals surface area (Å²) in [6.07, 6.45) is 3.41. The molecule has 8 heteroatoms. The third-order valence-electron chi connectivity index (χ3n) is 5.35. The van der Waals surface area contributed by atoms with Crippen LogP contribution in [0.5, 0.6) is 11.6 Å². The van der Waals surface area contributed by atoms with Gasteiger partial charge in [-0.05, 0) is 61.0 Å². The molecular formula is C25H23N7O. The lowest BCUT2D eigenvalue weighted by molar-refractivity contribution is 0.461. The molecule has 5 rings (SSSR count). The van der Waals surface area contributed by atoms with Crippen molar-refractivity contribution >= 4 is 28.6 Å². The van der Waals surface area contributed by atoms with Gasteiger partial charge in [-0.25, -0.2) is 19.9 Å². The minimum atomic E-state index is 0.484. The molecule has 33 heavy (non-hydrogen) atoms. The Morgan fingerprint density at radius 1 is 0.909 bits per heavy atom. The number of aryl methyl sites for hydroxylation is 2. The minimum absolute atomic E-state index is 0.484. The van der Waals surface area contributed by atoms with Gasteiger partial charge in [-0.3, -0.25) is 0 Å². The highest BCUT2D eigenvalue weighted by Crippen LogP contribution is 2.33. The molecule has 5 aromatic rings. The number of pyridine rings is 1. The Morgan fingerprint density at radius 3 is 2.61 bits per heavy atom. The van der Waals surface area contributed by atoms with Crippen molar-refractivity contribution in [2.24, 2.45) is 7.05 Å². The molecule has 0 aliphatic rings. The number of nitrogens with one attached hydrogen (secondary N) is 2. The van der Waals surface area contributed by atoms with Crippen LogP contribution in [0, 0.1) is 6.92 Å². The average molecular weight is 438 g/mol. The highest BCUT2D eigenvalue weighted by Gasteiger charge is 2.13. The Bertz CT molecular complexity index is 1440. The van der Waals surface area contributed by atoms with Crippen LogP contribution < -0.4 is 15.4 Å². The van der Waals surface area contributed by atoms with E-state index in [1.54, 1.807) is 19.4 Å². The molecule has 3 aromatic heterocycles. The summed E-state index contributed by atoms with van der Waals surface area (Å²) in [6, 6.07) is 19.6. The predicted octanol–water partition coefficient (Wildman–Crippen LogP) is 5.31. The van der Waals surface area contributed by atoms with Crippen LogP contribution in [0.3, 0.4) is 0 Å². The van der Waals surface area contributed by atoms with Gasteiger partial charge < -0.3 is 19.9 Å². The van der Waals surface area contributed by atoms with E-state index in [1.165, 1.54) is 0 Å². The summed E-state index contributed by atoms with van der Waals surface area (Å²) in [5, 5.41) is 6.36.